The third kappa shape index (κ3) is 2.03. The van der Waals surface area contributed by atoms with E-state index in [0.717, 1.165) is 12.6 Å². The molecular weight excluding hydrogens is 188 g/mol. The zero-order valence-corrected chi connectivity index (χ0v) is 9.99. The Morgan fingerprint density at radius 2 is 2.13 bits per heavy atom. The summed E-state index contributed by atoms with van der Waals surface area (Å²) in [4.78, 5) is 14.2. The van der Waals surface area contributed by atoms with Gasteiger partial charge >= 0.3 is 0 Å². The lowest BCUT2D eigenvalue weighted by molar-refractivity contribution is -0.131. The molecule has 3 unspecified atom stereocenters. The Hall–Kier alpha value is -0.570. The Labute approximate surface area is 92.2 Å². The van der Waals surface area contributed by atoms with Gasteiger partial charge in [-0.15, -0.1) is 0 Å². The molecule has 2 rings (SSSR count). The summed E-state index contributed by atoms with van der Waals surface area (Å²) >= 11 is 0. The number of carbonyl (C=O) groups is 1. The van der Waals surface area contributed by atoms with Gasteiger partial charge in [-0.05, 0) is 31.1 Å². The lowest BCUT2D eigenvalue weighted by Gasteiger charge is -2.23. The van der Waals surface area contributed by atoms with Crippen molar-refractivity contribution in [1.82, 2.24) is 10.2 Å². The maximum absolute atomic E-state index is 12.1. The first kappa shape index (κ1) is 10.9. The minimum Gasteiger partial charge on any atom is -0.326 e. The molecule has 1 aliphatic carbocycles. The molecule has 0 aromatic rings. The van der Waals surface area contributed by atoms with Crippen LogP contribution in [-0.4, -0.2) is 29.6 Å². The van der Waals surface area contributed by atoms with Crippen molar-refractivity contribution in [3.63, 3.8) is 0 Å². The largest absolute Gasteiger partial charge is 0.326 e. The number of amides is 1. The molecule has 0 spiro atoms. The summed E-state index contributed by atoms with van der Waals surface area (Å²) < 4.78 is 0. The lowest BCUT2D eigenvalue weighted by Crippen LogP contribution is -2.38. The Balaban J connectivity index is 1.98. The fourth-order valence-corrected chi connectivity index (χ4v) is 2.83. The summed E-state index contributed by atoms with van der Waals surface area (Å²) in [6.07, 6.45) is 3.67. The molecule has 1 amide bonds. The van der Waals surface area contributed by atoms with Crippen LogP contribution in [0.4, 0.5) is 0 Å². The monoisotopic (exact) mass is 210 g/mol. The third-order valence-corrected chi connectivity index (χ3v) is 3.81. The minimum atomic E-state index is 0.0564. The van der Waals surface area contributed by atoms with E-state index >= 15 is 0 Å². The molecule has 1 N–H and O–H groups in total. The van der Waals surface area contributed by atoms with E-state index in [2.05, 4.69) is 31.0 Å². The molecular formula is C12H22N2O. The molecule has 3 atom stereocenters. The number of hydrogen-bond donors (Lipinski definition) is 1. The molecule has 0 aromatic carbocycles. The fraction of sp³-hybridized carbons (Fsp3) is 0.917. The first-order valence-corrected chi connectivity index (χ1v) is 6.13. The summed E-state index contributed by atoms with van der Waals surface area (Å²) in [5.41, 5.74) is 0. The van der Waals surface area contributed by atoms with E-state index in [-0.39, 0.29) is 6.04 Å². The fourth-order valence-electron chi connectivity index (χ4n) is 2.83. The minimum absolute atomic E-state index is 0.0564. The van der Waals surface area contributed by atoms with Gasteiger partial charge in [-0.3, -0.25) is 10.1 Å². The van der Waals surface area contributed by atoms with Gasteiger partial charge < -0.3 is 4.90 Å². The molecule has 1 heterocycles. The smallest absolute Gasteiger partial charge is 0.241 e. The molecule has 86 valence electrons. The quantitative estimate of drug-likeness (QED) is 0.750. The molecule has 0 bridgehead atoms. The number of nitrogens with zero attached hydrogens (tertiary/aromatic N) is 1. The van der Waals surface area contributed by atoms with Crippen LogP contribution in [0.1, 0.15) is 40.0 Å². The van der Waals surface area contributed by atoms with E-state index in [1.165, 1.54) is 19.3 Å². The highest BCUT2D eigenvalue weighted by Gasteiger charge is 2.38. The normalized spacial score (nSPS) is 36.9. The van der Waals surface area contributed by atoms with Crippen LogP contribution in [0.15, 0.2) is 0 Å². The molecule has 3 nitrogen and oxygen atoms in total. The second-order valence-corrected chi connectivity index (χ2v) is 5.46. The molecule has 1 saturated heterocycles. The highest BCUT2D eigenvalue weighted by atomic mass is 16.2. The van der Waals surface area contributed by atoms with Crippen molar-refractivity contribution in [1.29, 1.82) is 0 Å². The summed E-state index contributed by atoms with van der Waals surface area (Å²) in [7, 11) is 0. The standard InChI is InChI=1S/C12H22N2O/c1-8(2)11-12(15)14(7-13-11)10-5-4-9(3)6-10/h8-11,13H,4-7H2,1-3H3. The van der Waals surface area contributed by atoms with Crippen LogP contribution < -0.4 is 5.32 Å². The molecule has 0 radical (unpaired) electrons. The summed E-state index contributed by atoms with van der Waals surface area (Å²) in [6, 6.07) is 0.560. The lowest BCUT2D eigenvalue weighted by atomic mass is 10.0. The highest BCUT2D eigenvalue weighted by Crippen LogP contribution is 2.30. The van der Waals surface area contributed by atoms with Gasteiger partial charge in [0.2, 0.25) is 5.91 Å². The summed E-state index contributed by atoms with van der Waals surface area (Å²) in [6.45, 7) is 7.26. The predicted molar refractivity (Wildman–Crippen MR) is 60.3 cm³/mol. The molecule has 0 aromatic heterocycles. The van der Waals surface area contributed by atoms with Crippen molar-refractivity contribution in [3.05, 3.63) is 0 Å². The first-order valence-electron chi connectivity index (χ1n) is 6.13. The topological polar surface area (TPSA) is 32.3 Å². The van der Waals surface area contributed by atoms with Crippen molar-refractivity contribution in [2.24, 2.45) is 11.8 Å². The van der Waals surface area contributed by atoms with Crippen LogP contribution in [0, 0.1) is 11.8 Å². The van der Waals surface area contributed by atoms with Crippen molar-refractivity contribution in [2.75, 3.05) is 6.67 Å². The second kappa shape index (κ2) is 4.12. The van der Waals surface area contributed by atoms with Crippen LogP contribution in [0.5, 0.6) is 0 Å². The number of carbonyl (C=O) groups excluding carboxylic acids is 1. The van der Waals surface area contributed by atoms with Crippen LogP contribution in [0.3, 0.4) is 0 Å². The molecule has 2 fully saturated rings. The van der Waals surface area contributed by atoms with Crippen LogP contribution in [0.2, 0.25) is 0 Å². The Kier molecular flexibility index (Phi) is 3.01. The van der Waals surface area contributed by atoms with Gasteiger partial charge in [-0.1, -0.05) is 20.8 Å². The van der Waals surface area contributed by atoms with E-state index in [9.17, 15) is 4.79 Å². The van der Waals surface area contributed by atoms with Crippen LogP contribution in [0.25, 0.3) is 0 Å². The molecule has 15 heavy (non-hydrogen) atoms. The summed E-state index contributed by atoms with van der Waals surface area (Å²) in [5, 5.41) is 3.32. The highest BCUT2D eigenvalue weighted by molar-refractivity contribution is 5.84. The van der Waals surface area contributed by atoms with Gasteiger partial charge in [0.15, 0.2) is 0 Å². The Morgan fingerprint density at radius 3 is 2.60 bits per heavy atom. The van der Waals surface area contributed by atoms with Crippen molar-refractivity contribution in [2.45, 2.75) is 52.1 Å². The maximum atomic E-state index is 12.1. The predicted octanol–water partition coefficient (Wildman–Crippen LogP) is 1.59. The SMILES string of the molecule is CC1CCC(N2CNC(C(C)C)C2=O)C1. The van der Waals surface area contributed by atoms with Crippen LogP contribution in [-0.2, 0) is 4.79 Å². The van der Waals surface area contributed by atoms with Gasteiger partial charge in [0.25, 0.3) is 0 Å². The van der Waals surface area contributed by atoms with Gasteiger partial charge in [-0.2, -0.15) is 0 Å². The van der Waals surface area contributed by atoms with E-state index in [0.29, 0.717) is 17.9 Å². The van der Waals surface area contributed by atoms with Gasteiger partial charge in [0.05, 0.1) is 12.7 Å². The Morgan fingerprint density at radius 1 is 1.40 bits per heavy atom. The first-order chi connectivity index (χ1) is 7.09. The number of hydrogen-bond acceptors (Lipinski definition) is 2. The van der Waals surface area contributed by atoms with Crippen molar-refractivity contribution < 1.29 is 4.79 Å². The number of rotatable bonds is 2. The van der Waals surface area contributed by atoms with Gasteiger partial charge in [0, 0.05) is 6.04 Å². The van der Waals surface area contributed by atoms with E-state index in [4.69, 9.17) is 0 Å². The van der Waals surface area contributed by atoms with Gasteiger partial charge in [0.1, 0.15) is 0 Å². The maximum Gasteiger partial charge on any atom is 0.241 e. The molecule has 1 saturated carbocycles. The van der Waals surface area contributed by atoms with Gasteiger partial charge in [-0.25, -0.2) is 0 Å². The second-order valence-electron chi connectivity index (χ2n) is 5.46. The van der Waals surface area contributed by atoms with Crippen molar-refractivity contribution >= 4 is 5.91 Å². The Bertz CT molecular complexity index is 252. The van der Waals surface area contributed by atoms with Crippen LogP contribution >= 0.6 is 0 Å². The molecule has 3 heteroatoms. The third-order valence-electron chi connectivity index (χ3n) is 3.81. The van der Waals surface area contributed by atoms with E-state index in [1.54, 1.807) is 0 Å². The van der Waals surface area contributed by atoms with Crippen molar-refractivity contribution in [3.8, 4) is 0 Å². The summed E-state index contributed by atoms with van der Waals surface area (Å²) in [5.74, 6) is 1.52. The van der Waals surface area contributed by atoms with E-state index in [1.807, 2.05) is 0 Å². The average molecular weight is 210 g/mol. The van der Waals surface area contributed by atoms with E-state index < -0.39 is 0 Å². The zero-order valence-electron chi connectivity index (χ0n) is 9.99. The molecule has 1 aliphatic heterocycles. The number of nitrogens with one attached hydrogen (secondary N) is 1. The molecule has 2 aliphatic rings. The zero-order chi connectivity index (χ0) is 11.0. The average Bonchev–Trinajstić information content (AvgIpc) is 2.71.